The molecule has 8 nitrogen and oxygen atoms in total. The van der Waals surface area contributed by atoms with Gasteiger partial charge in [0.25, 0.3) is 11.8 Å². The average molecular weight is 385 g/mol. The summed E-state index contributed by atoms with van der Waals surface area (Å²) >= 11 is 0. The highest BCUT2D eigenvalue weighted by Gasteiger charge is 2.16. The van der Waals surface area contributed by atoms with Gasteiger partial charge in [0, 0.05) is 17.2 Å². The van der Waals surface area contributed by atoms with Crippen LogP contribution in [0.4, 0.5) is 0 Å². The SMILES string of the molecule is COc1ccc(C(=O)NC(C)C(=O)NN=Cc2ccc(OC)cc2OC)cc1. The smallest absolute Gasteiger partial charge is 0.262 e. The van der Waals surface area contributed by atoms with Crippen LogP contribution in [0.25, 0.3) is 0 Å². The third-order valence-corrected chi connectivity index (χ3v) is 3.91. The van der Waals surface area contributed by atoms with Gasteiger partial charge in [-0.1, -0.05) is 0 Å². The first-order chi connectivity index (χ1) is 13.5. The lowest BCUT2D eigenvalue weighted by molar-refractivity contribution is -0.122. The number of carbonyl (C=O) groups excluding carboxylic acids is 2. The van der Waals surface area contributed by atoms with Crippen molar-refractivity contribution >= 4 is 18.0 Å². The Kier molecular flexibility index (Phi) is 7.38. The number of methoxy groups -OCH3 is 3. The van der Waals surface area contributed by atoms with Gasteiger partial charge in [0.1, 0.15) is 23.3 Å². The summed E-state index contributed by atoms with van der Waals surface area (Å²) in [5.74, 6) is 1.02. The number of nitrogens with zero attached hydrogens (tertiary/aromatic N) is 1. The number of hydrazone groups is 1. The second-order valence-electron chi connectivity index (χ2n) is 5.77. The summed E-state index contributed by atoms with van der Waals surface area (Å²) in [4.78, 5) is 24.3. The van der Waals surface area contributed by atoms with Gasteiger partial charge in [-0.2, -0.15) is 5.10 Å². The van der Waals surface area contributed by atoms with Gasteiger partial charge in [0.15, 0.2) is 0 Å². The molecule has 1 unspecified atom stereocenters. The molecular formula is C20H23N3O5. The predicted molar refractivity (Wildman–Crippen MR) is 105 cm³/mol. The average Bonchev–Trinajstić information content (AvgIpc) is 2.73. The fourth-order valence-corrected chi connectivity index (χ4v) is 2.28. The molecule has 0 aromatic heterocycles. The molecule has 2 rings (SSSR count). The Morgan fingerprint density at radius 1 is 0.964 bits per heavy atom. The van der Waals surface area contributed by atoms with Crippen LogP contribution in [-0.4, -0.2) is 45.4 Å². The van der Waals surface area contributed by atoms with Crippen LogP contribution in [0, 0.1) is 0 Å². The van der Waals surface area contributed by atoms with Gasteiger partial charge in [-0.3, -0.25) is 9.59 Å². The lowest BCUT2D eigenvalue weighted by Crippen LogP contribution is -2.43. The van der Waals surface area contributed by atoms with Crippen LogP contribution in [0.2, 0.25) is 0 Å². The number of hydrogen-bond donors (Lipinski definition) is 2. The number of amides is 2. The van der Waals surface area contributed by atoms with E-state index in [0.717, 1.165) is 0 Å². The van der Waals surface area contributed by atoms with E-state index in [9.17, 15) is 9.59 Å². The van der Waals surface area contributed by atoms with Gasteiger partial charge >= 0.3 is 0 Å². The monoisotopic (exact) mass is 385 g/mol. The molecule has 148 valence electrons. The molecule has 2 amide bonds. The molecule has 2 aromatic carbocycles. The Morgan fingerprint density at radius 2 is 1.61 bits per heavy atom. The third-order valence-electron chi connectivity index (χ3n) is 3.91. The fourth-order valence-electron chi connectivity index (χ4n) is 2.28. The molecule has 0 aliphatic carbocycles. The molecule has 0 aliphatic rings. The minimum atomic E-state index is -0.774. The Bertz CT molecular complexity index is 849. The van der Waals surface area contributed by atoms with Crippen LogP contribution >= 0.6 is 0 Å². The maximum absolute atomic E-state index is 12.2. The summed E-state index contributed by atoms with van der Waals surface area (Å²) < 4.78 is 15.4. The van der Waals surface area contributed by atoms with Gasteiger partial charge in [-0.05, 0) is 43.3 Å². The molecule has 2 aromatic rings. The van der Waals surface area contributed by atoms with Crippen molar-refractivity contribution in [1.29, 1.82) is 0 Å². The van der Waals surface area contributed by atoms with E-state index in [-0.39, 0.29) is 5.91 Å². The van der Waals surface area contributed by atoms with E-state index < -0.39 is 11.9 Å². The largest absolute Gasteiger partial charge is 0.497 e. The Balaban J connectivity index is 1.93. The molecule has 1 atom stereocenters. The number of rotatable bonds is 8. The molecule has 2 N–H and O–H groups in total. The highest BCUT2D eigenvalue weighted by molar-refractivity contribution is 5.97. The third kappa shape index (κ3) is 5.47. The van der Waals surface area contributed by atoms with E-state index in [1.807, 2.05) is 0 Å². The molecule has 0 saturated heterocycles. The lowest BCUT2D eigenvalue weighted by Gasteiger charge is -2.12. The maximum Gasteiger partial charge on any atom is 0.262 e. The Morgan fingerprint density at radius 3 is 2.21 bits per heavy atom. The van der Waals surface area contributed by atoms with Crippen molar-refractivity contribution in [3.8, 4) is 17.2 Å². The van der Waals surface area contributed by atoms with E-state index in [0.29, 0.717) is 28.4 Å². The van der Waals surface area contributed by atoms with Gasteiger partial charge in [0.05, 0.1) is 27.5 Å². The molecule has 0 fully saturated rings. The topological polar surface area (TPSA) is 98.2 Å². The molecule has 0 saturated carbocycles. The van der Waals surface area contributed by atoms with Crippen molar-refractivity contribution in [2.24, 2.45) is 5.10 Å². The highest BCUT2D eigenvalue weighted by Crippen LogP contribution is 2.22. The van der Waals surface area contributed by atoms with Crippen molar-refractivity contribution < 1.29 is 23.8 Å². The minimum absolute atomic E-state index is 0.369. The summed E-state index contributed by atoms with van der Waals surface area (Å²) in [5.41, 5.74) is 3.48. The number of nitrogens with one attached hydrogen (secondary N) is 2. The Hall–Kier alpha value is -3.55. The summed E-state index contributed by atoms with van der Waals surface area (Å²) in [6.45, 7) is 1.57. The molecule has 0 aliphatic heterocycles. The van der Waals surface area contributed by atoms with Gasteiger partial charge in [-0.15, -0.1) is 0 Å². The Labute approximate surface area is 163 Å². The van der Waals surface area contributed by atoms with Crippen LogP contribution in [-0.2, 0) is 4.79 Å². The van der Waals surface area contributed by atoms with Crippen molar-refractivity contribution in [2.45, 2.75) is 13.0 Å². The van der Waals surface area contributed by atoms with Crippen LogP contribution in [0.3, 0.4) is 0 Å². The van der Waals surface area contributed by atoms with Crippen LogP contribution in [0.15, 0.2) is 47.6 Å². The fraction of sp³-hybridized carbons (Fsp3) is 0.250. The first kappa shape index (κ1) is 20.8. The zero-order valence-electron chi connectivity index (χ0n) is 16.2. The van der Waals surface area contributed by atoms with Crippen LogP contribution in [0.1, 0.15) is 22.8 Å². The standard InChI is InChI=1S/C20H23N3O5/c1-13(22-20(25)14-5-8-16(26-2)9-6-14)19(24)23-21-12-15-7-10-17(27-3)11-18(15)28-4/h5-13H,1-4H3,(H,22,25)(H,23,24). The second kappa shape index (κ2) is 9.96. The summed E-state index contributed by atoms with van der Waals surface area (Å²) in [6, 6.07) is 11.0. The first-order valence-electron chi connectivity index (χ1n) is 8.48. The summed E-state index contributed by atoms with van der Waals surface area (Å²) in [5, 5.41) is 6.53. The van der Waals surface area contributed by atoms with E-state index in [1.165, 1.54) is 13.3 Å². The minimum Gasteiger partial charge on any atom is -0.497 e. The normalized spacial score (nSPS) is 11.6. The van der Waals surface area contributed by atoms with Gasteiger partial charge < -0.3 is 19.5 Å². The van der Waals surface area contributed by atoms with E-state index >= 15 is 0 Å². The van der Waals surface area contributed by atoms with E-state index in [1.54, 1.807) is 63.6 Å². The van der Waals surface area contributed by atoms with E-state index in [4.69, 9.17) is 14.2 Å². The number of benzene rings is 2. The van der Waals surface area contributed by atoms with Gasteiger partial charge in [-0.25, -0.2) is 5.43 Å². The van der Waals surface area contributed by atoms with Crippen LogP contribution in [0.5, 0.6) is 17.2 Å². The molecule has 0 heterocycles. The first-order valence-corrected chi connectivity index (χ1v) is 8.48. The number of carbonyl (C=O) groups is 2. The number of ether oxygens (including phenoxy) is 3. The molecule has 0 bridgehead atoms. The van der Waals surface area contributed by atoms with Crippen molar-refractivity contribution in [3.63, 3.8) is 0 Å². The lowest BCUT2D eigenvalue weighted by atomic mass is 10.2. The summed E-state index contributed by atoms with van der Waals surface area (Å²) in [7, 11) is 4.63. The zero-order valence-corrected chi connectivity index (χ0v) is 16.2. The van der Waals surface area contributed by atoms with Crippen molar-refractivity contribution in [3.05, 3.63) is 53.6 Å². The number of hydrogen-bond acceptors (Lipinski definition) is 6. The van der Waals surface area contributed by atoms with Crippen molar-refractivity contribution in [1.82, 2.24) is 10.7 Å². The predicted octanol–water partition coefficient (Wildman–Crippen LogP) is 1.98. The van der Waals surface area contributed by atoms with Crippen molar-refractivity contribution in [2.75, 3.05) is 21.3 Å². The van der Waals surface area contributed by atoms with Crippen LogP contribution < -0.4 is 25.0 Å². The molecule has 28 heavy (non-hydrogen) atoms. The molecule has 8 heteroatoms. The maximum atomic E-state index is 12.2. The quantitative estimate of drug-likeness (QED) is 0.535. The highest BCUT2D eigenvalue weighted by atomic mass is 16.5. The van der Waals surface area contributed by atoms with Gasteiger partial charge in [0.2, 0.25) is 0 Å². The summed E-state index contributed by atoms with van der Waals surface area (Å²) in [6.07, 6.45) is 1.45. The van der Waals surface area contributed by atoms with E-state index in [2.05, 4.69) is 15.8 Å². The molecule has 0 radical (unpaired) electrons. The zero-order chi connectivity index (χ0) is 20.5. The second-order valence-corrected chi connectivity index (χ2v) is 5.77. The molecule has 0 spiro atoms. The molecular weight excluding hydrogens is 362 g/mol.